The maximum Gasteiger partial charge on any atom is 0.317 e. The van der Waals surface area contributed by atoms with Gasteiger partial charge in [-0.2, -0.15) is 0 Å². The number of urea groups is 1. The predicted octanol–water partition coefficient (Wildman–Crippen LogP) is 4.38. The highest BCUT2D eigenvalue weighted by molar-refractivity contribution is 7.11. The molecule has 1 aromatic heterocycles. The molecule has 0 spiro atoms. The Bertz CT molecular complexity index is 766. The molecule has 0 aliphatic carbocycles. The molecule has 2 heterocycles. The number of carbonyl (C=O) groups is 1. The Hall–Kier alpha value is -2.08. The zero-order chi connectivity index (χ0) is 18.7. The molecule has 0 saturated carbocycles. The number of rotatable bonds is 4. The minimum absolute atomic E-state index is 0.0171. The summed E-state index contributed by atoms with van der Waals surface area (Å²) in [4.78, 5) is 20.1. The monoisotopic (exact) mass is 373 g/mol. The van der Waals surface area contributed by atoms with E-state index in [-0.39, 0.29) is 18.2 Å². The van der Waals surface area contributed by atoms with Crippen molar-refractivity contribution in [3.8, 4) is 5.75 Å². The van der Waals surface area contributed by atoms with Crippen LogP contribution in [0.5, 0.6) is 5.75 Å². The fourth-order valence-electron chi connectivity index (χ4n) is 3.35. The quantitative estimate of drug-likeness (QED) is 0.865. The van der Waals surface area contributed by atoms with Gasteiger partial charge in [-0.25, -0.2) is 9.78 Å². The average molecular weight is 374 g/mol. The van der Waals surface area contributed by atoms with Crippen molar-refractivity contribution < 1.29 is 9.53 Å². The normalized spacial score (nSPS) is 16.4. The van der Waals surface area contributed by atoms with Gasteiger partial charge in [0.15, 0.2) is 0 Å². The van der Waals surface area contributed by atoms with Gasteiger partial charge in [0.25, 0.3) is 0 Å². The van der Waals surface area contributed by atoms with Gasteiger partial charge in [-0.05, 0) is 45.4 Å². The van der Waals surface area contributed by atoms with Crippen molar-refractivity contribution in [3.63, 3.8) is 0 Å². The molecule has 2 amide bonds. The number of nitrogens with zero attached hydrogens (tertiary/aromatic N) is 2. The van der Waals surface area contributed by atoms with Crippen molar-refractivity contribution in [2.75, 3.05) is 13.1 Å². The molecule has 3 rings (SSSR count). The van der Waals surface area contributed by atoms with E-state index < -0.39 is 0 Å². The summed E-state index contributed by atoms with van der Waals surface area (Å²) in [6.07, 6.45) is 1.87. The first-order valence-corrected chi connectivity index (χ1v) is 9.96. The summed E-state index contributed by atoms with van der Waals surface area (Å²) < 4.78 is 6.07. The molecular formula is C20H27N3O2S. The number of carbonyl (C=O) groups excluding carboxylic acids is 1. The summed E-state index contributed by atoms with van der Waals surface area (Å²) in [5.41, 5.74) is 2.17. The molecule has 140 valence electrons. The van der Waals surface area contributed by atoms with Crippen LogP contribution in [0.1, 0.15) is 46.9 Å². The van der Waals surface area contributed by atoms with Crippen LogP contribution in [-0.4, -0.2) is 35.1 Å². The molecule has 1 atom stereocenters. The highest BCUT2D eigenvalue weighted by atomic mass is 32.1. The van der Waals surface area contributed by atoms with E-state index in [1.165, 1.54) is 10.4 Å². The summed E-state index contributed by atoms with van der Waals surface area (Å²) in [5.74, 6) is 0.913. The van der Waals surface area contributed by atoms with Gasteiger partial charge in [-0.3, -0.25) is 0 Å². The number of amides is 2. The van der Waals surface area contributed by atoms with Crippen molar-refractivity contribution in [1.29, 1.82) is 0 Å². The molecule has 1 fully saturated rings. The number of piperidine rings is 1. The number of nitrogens with one attached hydrogen (secondary N) is 1. The Kier molecular flexibility index (Phi) is 5.81. The molecule has 1 N–H and O–H groups in total. The number of ether oxygens (including phenoxy) is 1. The SMILES string of the molecule is Cc1cccc(OC2CCN(C(=O)NC(C)c3nc(C)sc3C)CC2)c1. The molecule has 6 heteroatoms. The average Bonchev–Trinajstić information content (AvgIpc) is 2.94. The van der Waals surface area contributed by atoms with Gasteiger partial charge in [0.05, 0.1) is 16.7 Å². The van der Waals surface area contributed by atoms with E-state index in [0.29, 0.717) is 13.1 Å². The Labute approximate surface area is 159 Å². The molecular weight excluding hydrogens is 346 g/mol. The summed E-state index contributed by atoms with van der Waals surface area (Å²) in [6.45, 7) is 9.53. The Morgan fingerprint density at radius 2 is 2.04 bits per heavy atom. The Morgan fingerprint density at radius 3 is 2.65 bits per heavy atom. The third-order valence-electron chi connectivity index (χ3n) is 4.71. The number of hydrogen-bond acceptors (Lipinski definition) is 4. The van der Waals surface area contributed by atoms with Crippen LogP contribution in [0.4, 0.5) is 4.79 Å². The second-order valence-electron chi connectivity index (χ2n) is 6.97. The molecule has 26 heavy (non-hydrogen) atoms. The van der Waals surface area contributed by atoms with Crippen molar-refractivity contribution in [2.24, 2.45) is 0 Å². The van der Waals surface area contributed by atoms with Crippen LogP contribution in [-0.2, 0) is 0 Å². The molecule has 5 nitrogen and oxygen atoms in total. The van der Waals surface area contributed by atoms with E-state index in [1.807, 2.05) is 30.9 Å². The third kappa shape index (κ3) is 4.55. The third-order valence-corrected chi connectivity index (χ3v) is 5.61. The predicted molar refractivity (Wildman–Crippen MR) is 105 cm³/mol. The highest BCUT2D eigenvalue weighted by Crippen LogP contribution is 2.23. The standard InChI is InChI=1S/C20H27N3O2S/c1-13-6-5-7-18(12-13)25-17-8-10-23(11-9-17)20(24)21-14(2)19-15(3)26-16(4)22-19/h5-7,12,14,17H,8-11H2,1-4H3,(H,21,24). The zero-order valence-electron chi connectivity index (χ0n) is 15.9. The number of aromatic nitrogens is 1. The first kappa shape index (κ1) is 18.7. The van der Waals surface area contributed by atoms with Gasteiger partial charge in [0.1, 0.15) is 11.9 Å². The molecule has 1 aromatic carbocycles. The van der Waals surface area contributed by atoms with Gasteiger partial charge in [-0.1, -0.05) is 12.1 Å². The van der Waals surface area contributed by atoms with Crippen LogP contribution >= 0.6 is 11.3 Å². The molecule has 2 aromatic rings. The van der Waals surface area contributed by atoms with Gasteiger partial charge in [0.2, 0.25) is 0 Å². The largest absolute Gasteiger partial charge is 0.490 e. The lowest BCUT2D eigenvalue weighted by molar-refractivity contribution is 0.110. The van der Waals surface area contributed by atoms with Crippen molar-refractivity contribution in [1.82, 2.24) is 15.2 Å². The topological polar surface area (TPSA) is 54.5 Å². The number of hydrogen-bond donors (Lipinski definition) is 1. The minimum atomic E-state index is -0.0753. The zero-order valence-corrected chi connectivity index (χ0v) is 16.7. The van der Waals surface area contributed by atoms with Gasteiger partial charge in [0, 0.05) is 30.8 Å². The number of likely N-dealkylation sites (tertiary alicyclic amines) is 1. The summed E-state index contributed by atoms with van der Waals surface area (Å²) >= 11 is 1.67. The summed E-state index contributed by atoms with van der Waals surface area (Å²) in [7, 11) is 0. The minimum Gasteiger partial charge on any atom is -0.490 e. The van der Waals surface area contributed by atoms with Crippen LogP contribution < -0.4 is 10.1 Å². The van der Waals surface area contributed by atoms with E-state index in [0.717, 1.165) is 29.3 Å². The van der Waals surface area contributed by atoms with E-state index in [4.69, 9.17) is 4.74 Å². The lowest BCUT2D eigenvalue weighted by atomic mass is 10.1. The van der Waals surface area contributed by atoms with E-state index in [1.54, 1.807) is 11.3 Å². The van der Waals surface area contributed by atoms with E-state index >= 15 is 0 Å². The van der Waals surface area contributed by atoms with Crippen LogP contribution in [0, 0.1) is 20.8 Å². The van der Waals surface area contributed by atoms with Crippen LogP contribution in [0.2, 0.25) is 0 Å². The lowest BCUT2D eigenvalue weighted by Gasteiger charge is -2.33. The first-order valence-electron chi connectivity index (χ1n) is 9.15. The second kappa shape index (κ2) is 8.08. The fraction of sp³-hybridized carbons (Fsp3) is 0.500. The van der Waals surface area contributed by atoms with Crippen LogP contribution in [0.25, 0.3) is 0 Å². The van der Waals surface area contributed by atoms with Crippen LogP contribution in [0.3, 0.4) is 0 Å². The lowest BCUT2D eigenvalue weighted by Crippen LogP contribution is -2.47. The molecule has 1 saturated heterocycles. The van der Waals surface area contributed by atoms with Crippen molar-refractivity contribution in [3.05, 3.63) is 45.4 Å². The van der Waals surface area contributed by atoms with Crippen molar-refractivity contribution >= 4 is 17.4 Å². The smallest absolute Gasteiger partial charge is 0.317 e. The molecule has 1 aliphatic heterocycles. The molecule has 0 bridgehead atoms. The summed E-state index contributed by atoms with van der Waals surface area (Å²) in [5, 5.41) is 4.12. The molecule has 1 aliphatic rings. The maximum absolute atomic E-state index is 12.6. The maximum atomic E-state index is 12.6. The Balaban J connectivity index is 1.49. The van der Waals surface area contributed by atoms with E-state index in [9.17, 15) is 4.79 Å². The molecule has 1 unspecified atom stereocenters. The number of aryl methyl sites for hydroxylation is 3. The van der Waals surface area contributed by atoms with Gasteiger partial charge in [-0.15, -0.1) is 11.3 Å². The highest BCUT2D eigenvalue weighted by Gasteiger charge is 2.25. The van der Waals surface area contributed by atoms with Gasteiger partial charge >= 0.3 is 6.03 Å². The molecule has 0 radical (unpaired) electrons. The van der Waals surface area contributed by atoms with Crippen molar-refractivity contribution in [2.45, 2.75) is 52.7 Å². The van der Waals surface area contributed by atoms with Gasteiger partial charge < -0.3 is 15.0 Å². The van der Waals surface area contributed by atoms with Crippen LogP contribution in [0.15, 0.2) is 24.3 Å². The first-order chi connectivity index (χ1) is 12.4. The number of benzene rings is 1. The fourth-order valence-corrected chi connectivity index (χ4v) is 4.26. The summed E-state index contributed by atoms with van der Waals surface area (Å²) in [6, 6.07) is 8.03. The van der Waals surface area contributed by atoms with E-state index in [2.05, 4.69) is 36.3 Å². The second-order valence-corrected chi connectivity index (χ2v) is 8.37. The Morgan fingerprint density at radius 1 is 1.31 bits per heavy atom. The number of thiazole rings is 1.